The van der Waals surface area contributed by atoms with Crippen molar-refractivity contribution in [2.24, 2.45) is 0 Å². The van der Waals surface area contributed by atoms with Crippen molar-refractivity contribution in [3.63, 3.8) is 0 Å². The number of nitrogens with zero attached hydrogens (tertiary/aromatic N) is 4. The molecule has 4 heterocycles. The molecular formula is C41H35N4Pt-. The zero-order valence-electron chi connectivity index (χ0n) is 26.9. The van der Waals surface area contributed by atoms with Gasteiger partial charge in [-0.3, -0.25) is 4.57 Å². The molecular weight excluding hydrogens is 744 g/mol. The molecule has 0 bridgehead atoms. The van der Waals surface area contributed by atoms with Crippen LogP contribution in [0.2, 0.25) is 0 Å². The molecule has 4 aromatic carbocycles. The first-order valence-electron chi connectivity index (χ1n) is 15.6. The maximum absolute atomic E-state index is 5.54. The number of hydrogen-bond acceptors (Lipinski definition) is 2. The van der Waals surface area contributed by atoms with Crippen LogP contribution in [0.25, 0.3) is 66.5 Å². The third-order valence-electron chi connectivity index (χ3n) is 9.07. The van der Waals surface area contributed by atoms with E-state index in [1.54, 1.807) is 0 Å². The minimum atomic E-state index is -0.00399. The molecule has 0 aliphatic carbocycles. The van der Waals surface area contributed by atoms with E-state index in [2.05, 4.69) is 154 Å². The van der Waals surface area contributed by atoms with Crippen LogP contribution in [0.3, 0.4) is 0 Å². The Bertz CT molecular complexity index is 2460. The van der Waals surface area contributed by atoms with Crippen molar-refractivity contribution in [1.29, 1.82) is 0 Å². The fourth-order valence-electron chi connectivity index (χ4n) is 6.68. The van der Waals surface area contributed by atoms with Crippen LogP contribution < -0.4 is 0 Å². The molecule has 0 aliphatic heterocycles. The van der Waals surface area contributed by atoms with Gasteiger partial charge in [0.25, 0.3) is 0 Å². The number of benzene rings is 4. The minimum Gasteiger partial charge on any atom is -0.312 e. The number of hydrogen-bond donors (Lipinski definition) is 0. The van der Waals surface area contributed by atoms with Crippen LogP contribution >= 0.6 is 0 Å². The van der Waals surface area contributed by atoms with Gasteiger partial charge in [0, 0.05) is 48.8 Å². The van der Waals surface area contributed by atoms with Crippen LogP contribution in [0.5, 0.6) is 0 Å². The van der Waals surface area contributed by atoms with Gasteiger partial charge >= 0.3 is 0 Å². The van der Waals surface area contributed by atoms with E-state index in [9.17, 15) is 0 Å². The number of pyridine rings is 2. The standard InChI is InChI=1S/C41H35N4.Pt/c1-25-14-16-36-32(20-25)34-24-35-33-21-26(2)15-17-37(33)45(38-23-29(18-19-42-38)41(4,5)6)40(35)43-39(34)44(36)30-12-9-11-28(22-30)31-13-8-7-10-27(31)3;/h7-21,23-24H,1-6H3;/q-1;. The Labute approximate surface area is 284 Å². The Kier molecular flexibility index (Phi) is 7.25. The molecule has 0 fully saturated rings. The summed E-state index contributed by atoms with van der Waals surface area (Å²) in [6.07, 6.45) is 1.92. The molecule has 4 nitrogen and oxygen atoms in total. The summed E-state index contributed by atoms with van der Waals surface area (Å²) >= 11 is 0. The minimum absolute atomic E-state index is 0. The Morgan fingerprint density at radius 2 is 1.28 bits per heavy atom. The summed E-state index contributed by atoms with van der Waals surface area (Å²) in [5.41, 5.74) is 12.2. The molecule has 230 valence electrons. The van der Waals surface area contributed by atoms with E-state index in [0.29, 0.717) is 0 Å². The fourth-order valence-corrected chi connectivity index (χ4v) is 6.68. The number of rotatable bonds is 3. The fraction of sp³-hybridized carbons (Fsp3) is 0.171. The van der Waals surface area contributed by atoms with E-state index < -0.39 is 0 Å². The molecule has 8 rings (SSSR count). The second-order valence-corrected chi connectivity index (χ2v) is 13.4. The molecule has 0 saturated heterocycles. The van der Waals surface area contributed by atoms with Crippen molar-refractivity contribution in [2.75, 3.05) is 0 Å². The summed E-state index contributed by atoms with van der Waals surface area (Å²) in [6, 6.07) is 38.7. The monoisotopic (exact) mass is 778 g/mol. The van der Waals surface area contributed by atoms with Crippen LogP contribution in [-0.4, -0.2) is 19.1 Å². The second-order valence-electron chi connectivity index (χ2n) is 13.4. The van der Waals surface area contributed by atoms with Gasteiger partial charge in [-0.25, -0.2) is 9.97 Å². The average molecular weight is 779 g/mol. The van der Waals surface area contributed by atoms with Crippen LogP contribution in [0.4, 0.5) is 0 Å². The van der Waals surface area contributed by atoms with E-state index in [0.717, 1.165) is 50.2 Å². The van der Waals surface area contributed by atoms with Gasteiger partial charge in [0.1, 0.15) is 17.1 Å². The Hall–Kier alpha value is -4.53. The Morgan fingerprint density at radius 3 is 1.96 bits per heavy atom. The van der Waals surface area contributed by atoms with E-state index in [1.807, 2.05) is 6.20 Å². The summed E-state index contributed by atoms with van der Waals surface area (Å²) in [4.78, 5) is 10.4. The summed E-state index contributed by atoms with van der Waals surface area (Å²) in [6.45, 7) is 13.2. The number of fused-ring (bicyclic) bond motifs is 6. The third kappa shape index (κ3) is 4.79. The smallest absolute Gasteiger partial charge is 0.149 e. The Morgan fingerprint density at radius 1 is 0.630 bits per heavy atom. The van der Waals surface area contributed by atoms with Gasteiger partial charge in [0.15, 0.2) is 0 Å². The number of aromatic nitrogens is 4. The largest absolute Gasteiger partial charge is 0.312 e. The topological polar surface area (TPSA) is 35.6 Å². The SMILES string of the molecule is Cc1ccc2c(c1)c1cc3c4cc(C)ccc4n(-c4cc(C(C)(C)C)ccn4)c3nc1n2-c1[c-]c(-c2ccccc2C)ccc1.[Pt]. The van der Waals surface area contributed by atoms with Crippen LogP contribution in [-0.2, 0) is 26.5 Å². The van der Waals surface area contributed by atoms with Gasteiger partial charge in [0.05, 0.1) is 11.0 Å². The second kappa shape index (κ2) is 11.1. The average Bonchev–Trinajstić information content (AvgIpc) is 3.51. The summed E-state index contributed by atoms with van der Waals surface area (Å²) in [7, 11) is 0. The van der Waals surface area contributed by atoms with E-state index >= 15 is 0 Å². The molecule has 0 unspecified atom stereocenters. The molecule has 0 saturated carbocycles. The molecule has 4 aromatic heterocycles. The van der Waals surface area contributed by atoms with Gasteiger partial charge in [-0.05, 0) is 79.9 Å². The summed E-state index contributed by atoms with van der Waals surface area (Å²) in [5.74, 6) is 0.879. The van der Waals surface area contributed by atoms with Gasteiger partial charge in [0.2, 0.25) is 0 Å². The van der Waals surface area contributed by atoms with E-state index in [1.165, 1.54) is 38.6 Å². The van der Waals surface area contributed by atoms with Gasteiger partial charge in [-0.1, -0.05) is 79.4 Å². The molecule has 5 heteroatoms. The molecule has 0 N–H and O–H groups in total. The summed E-state index contributed by atoms with van der Waals surface area (Å²) < 4.78 is 4.51. The van der Waals surface area contributed by atoms with Crippen molar-refractivity contribution in [3.8, 4) is 22.6 Å². The first kappa shape index (κ1) is 30.1. The summed E-state index contributed by atoms with van der Waals surface area (Å²) in [5, 5.41) is 4.63. The molecule has 8 aromatic rings. The predicted molar refractivity (Wildman–Crippen MR) is 188 cm³/mol. The van der Waals surface area contributed by atoms with Crippen LogP contribution in [0.1, 0.15) is 43.0 Å². The first-order chi connectivity index (χ1) is 21.7. The van der Waals surface area contributed by atoms with Crippen molar-refractivity contribution >= 4 is 43.9 Å². The zero-order valence-corrected chi connectivity index (χ0v) is 29.2. The predicted octanol–water partition coefficient (Wildman–Crippen LogP) is 10.4. The van der Waals surface area contributed by atoms with Crippen molar-refractivity contribution in [3.05, 3.63) is 132 Å². The maximum atomic E-state index is 5.54. The van der Waals surface area contributed by atoms with Crippen molar-refractivity contribution in [2.45, 2.75) is 47.0 Å². The Balaban J connectivity index is 0.00000338. The molecule has 0 atom stereocenters. The molecule has 0 spiro atoms. The van der Waals surface area contributed by atoms with Crippen LogP contribution in [0, 0.1) is 26.8 Å². The zero-order chi connectivity index (χ0) is 31.0. The third-order valence-corrected chi connectivity index (χ3v) is 9.07. The normalized spacial score (nSPS) is 12.0. The molecule has 0 amide bonds. The molecule has 0 aliphatic rings. The molecule has 0 radical (unpaired) electrons. The van der Waals surface area contributed by atoms with E-state index in [-0.39, 0.29) is 26.5 Å². The molecule has 46 heavy (non-hydrogen) atoms. The number of aryl methyl sites for hydroxylation is 3. The first-order valence-corrected chi connectivity index (χ1v) is 15.6. The quantitative estimate of drug-likeness (QED) is 0.168. The van der Waals surface area contributed by atoms with Gasteiger partial charge < -0.3 is 4.57 Å². The van der Waals surface area contributed by atoms with Crippen molar-refractivity contribution in [1.82, 2.24) is 19.1 Å². The van der Waals surface area contributed by atoms with Gasteiger partial charge in [-0.15, -0.1) is 29.8 Å². The maximum Gasteiger partial charge on any atom is 0.149 e. The van der Waals surface area contributed by atoms with Crippen molar-refractivity contribution < 1.29 is 21.1 Å². The van der Waals surface area contributed by atoms with Gasteiger partial charge in [-0.2, -0.15) is 0 Å². The van der Waals surface area contributed by atoms with E-state index in [4.69, 9.17) is 9.97 Å². The van der Waals surface area contributed by atoms with Crippen LogP contribution in [0.15, 0.2) is 103 Å².